The van der Waals surface area contributed by atoms with Gasteiger partial charge in [-0.3, -0.25) is 4.68 Å². The smallest absolute Gasteiger partial charge is 0.341 e. The zero-order valence-electron chi connectivity index (χ0n) is 19.8. The van der Waals surface area contributed by atoms with Gasteiger partial charge in [0.25, 0.3) is 0 Å². The SMILES string of the molecule is CCOC(=O)c1c(C)nn(-c2cc(Cc3c(C)c(-c4ccc(C#N)cc4)nn3C)ncn2)c1C. The van der Waals surface area contributed by atoms with Crippen LogP contribution in [0.1, 0.15) is 51.2 Å². The maximum atomic E-state index is 12.3. The number of hydrogen-bond donors (Lipinski definition) is 0. The first-order chi connectivity index (χ1) is 16.3. The molecular weight excluding hydrogens is 430 g/mol. The highest BCUT2D eigenvalue weighted by atomic mass is 16.5. The van der Waals surface area contributed by atoms with Crippen LogP contribution in [0, 0.1) is 32.1 Å². The van der Waals surface area contributed by atoms with E-state index in [1.165, 1.54) is 6.33 Å². The number of esters is 1. The first-order valence-electron chi connectivity index (χ1n) is 10.9. The number of nitriles is 1. The molecule has 0 fully saturated rings. The Morgan fingerprint density at radius 2 is 1.85 bits per heavy atom. The van der Waals surface area contributed by atoms with E-state index in [0.717, 1.165) is 28.2 Å². The van der Waals surface area contributed by atoms with Crippen LogP contribution in [-0.4, -0.2) is 42.1 Å². The molecule has 3 heterocycles. The van der Waals surface area contributed by atoms with Crippen LogP contribution >= 0.6 is 0 Å². The topological polar surface area (TPSA) is 112 Å². The lowest BCUT2D eigenvalue weighted by Crippen LogP contribution is -2.09. The first kappa shape index (κ1) is 22.9. The average molecular weight is 456 g/mol. The van der Waals surface area contributed by atoms with Crippen molar-refractivity contribution in [3.63, 3.8) is 0 Å². The highest BCUT2D eigenvalue weighted by molar-refractivity contribution is 5.92. The van der Waals surface area contributed by atoms with Crippen molar-refractivity contribution in [2.24, 2.45) is 7.05 Å². The summed E-state index contributed by atoms with van der Waals surface area (Å²) in [6.07, 6.45) is 2.05. The Bertz CT molecular complexity index is 1410. The Hall–Kier alpha value is -4.32. The number of aryl methyl sites for hydroxylation is 2. The molecule has 0 N–H and O–H groups in total. The minimum absolute atomic E-state index is 0.301. The molecule has 34 heavy (non-hydrogen) atoms. The molecule has 0 saturated heterocycles. The number of ether oxygens (including phenoxy) is 1. The van der Waals surface area contributed by atoms with Crippen LogP contribution in [0.25, 0.3) is 17.1 Å². The van der Waals surface area contributed by atoms with E-state index < -0.39 is 0 Å². The third-order valence-electron chi connectivity index (χ3n) is 5.76. The molecule has 0 aliphatic heterocycles. The standard InChI is InChI=1S/C25H25N7O2/c1-6-34-25(33)23-16(3)29-32(17(23)4)22-12-20(27-14-28-22)11-21-15(2)24(30-31(21)5)19-9-7-18(13-26)8-10-19/h7-10,12,14H,6,11H2,1-5H3. The van der Waals surface area contributed by atoms with Crippen molar-refractivity contribution < 1.29 is 9.53 Å². The van der Waals surface area contributed by atoms with Crippen LogP contribution in [-0.2, 0) is 18.2 Å². The van der Waals surface area contributed by atoms with E-state index in [1.807, 2.05) is 43.8 Å². The zero-order chi connectivity index (χ0) is 24.4. The van der Waals surface area contributed by atoms with Gasteiger partial charge in [-0.25, -0.2) is 19.4 Å². The molecule has 172 valence electrons. The second-order valence-electron chi connectivity index (χ2n) is 7.96. The lowest BCUT2D eigenvalue weighted by molar-refractivity contribution is 0.0524. The quantitative estimate of drug-likeness (QED) is 0.408. The molecule has 0 radical (unpaired) electrons. The number of nitrogens with zero attached hydrogens (tertiary/aromatic N) is 7. The largest absolute Gasteiger partial charge is 0.462 e. The Morgan fingerprint density at radius 3 is 2.53 bits per heavy atom. The van der Waals surface area contributed by atoms with Crippen molar-refractivity contribution in [3.05, 3.63) is 76.1 Å². The van der Waals surface area contributed by atoms with E-state index in [-0.39, 0.29) is 5.97 Å². The van der Waals surface area contributed by atoms with Crippen molar-refractivity contribution in [2.75, 3.05) is 6.61 Å². The van der Waals surface area contributed by atoms with Gasteiger partial charge in [-0.2, -0.15) is 15.5 Å². The maximum Gasteiger partial charge on any atom is 0.341 e. The summed E-state index contributed by atoms with van der Waals surface area (Å²) in [4.78, 5) is 21.2. The Kier molecular flexibility index (Phi) is 6.23. The van der Waals surface area contributed by atoms with Gasteiger partial charge in [-0.05, 0) is 45.4 Å². The van der Waals surface area contributed by atoms with Gasteiger partial charge >= 0.3 is 5.97 Å². The molecule has 0 amide bonds. The Morgan fingerprint density at radius 1 is 1.12 bits per heavy atom. The monoisotopic (exact) mass is 455 g/mol. The van der Waals surface area contributed by atoms with Crippen LogP contribution in [0.5, 0.6) is 0 Å². The lowest BCUT2D eigenvalue weighted by atomic mass is 10.0. The summed E-state index contributed by atoms with van der Waals surface area (Å²) in [5.41, 5.74) is 7.01. The van der Waals surface area contributed by atoms with E-state index in [9.17, 15) is 4.79 Å². The molecular formula is C25H25N7O2. The number of hydrogen-bond acceptors (Lipinski definition) is 7. The predicted octanol–water partition coefficient (Wildman–Crippen LogP) is 3.63. The van der Waals surface area contributed by atoms with E-state index in [1.54, 1.807) is 30.7 Å². The van der Waals surface area contributed by atoms with E-state index >= 15 is 0 Å². The van der Waals surface area contributed by atoms with Gasteiger partial charge in [0, 0.05) is 30.8 Å². The molecule has 0 saturated carbocycles. The molecule has 0 aliphatic carbocycles. The van der Waals surface area contributed by atoms with Crippen LogP contribution in [0.4, 0.5) is 0 Å². The van der Waals surface area contributed by atoms with E-state index in [4.69, 9.17) is 15.1 Å². The number of carbonyl (C=O) groups is 1. The third kappa shape index (κ3) is 4.18. The number of benzene rings is 1. The normalized spacial score (nSPS) is 10.8. The van der Waals surface area contributed by atoms with Gasteiger partial charge in [0.15, 0.2) is 5.82 Å². The molecule has 1 aromatic carbocycles. The van der Waals surface area contributed by atoms with Gasteiger partial charge in [-0.1, -0.05) is 12.1 Å². The molecule has 0 unspecified atom stereocenters. The summed E-state index contributed by atoms with van der Waals surface area (Å²) in [5, 5.41) is 18.3. The van der Waals surface area contributed by atoms with Crippen molar-refractivity contribution in [1.82, 2.24) is 29.5 Å². The predicted molar refractivity (Wildman–Crippen MR) is 125 cm³/mol. The summed E-state index contributed by atoms with van der Waals surface area (Å²) < 4.78 is 8.67. The van der Waals surface area contributed by atoms with Crippen molar-refractivity contribution in [2.45, 2.75) is 34.1 Å². The van der Waals surface area contributed by atoms with Gasteiger partial charge in [-0.15, -0.1) is 0 Å². The summed E-state index contributed by atoms with van der Waals surface area (Å²) in [7, 11) is 1.91. The molecule has 0 aliphatic rings. The van der Waals surface area contributed by atoms with Crippen molar-refractivity contribution in [1.29, 1.82) is 5.26 Å². The first-order valence-corrected chi connectivity index (χ1v) is 10.9. The fraction of sp³-hybridized carbons (Fsp3) is 0.280. The summed E-state index contributed by atoms with van der Waals surface area (Å²) >= 11 is 0. The van der Waals surface area contributed by atoms with Crippen LogP contribution in [0.3, 0.4) is 0 Å². The summed E-state index contributed by atoms with van der Waals surface area (Å²) in [6.45, 7) is 7.71. The van der Waals surface area contributed by atoms with Gasteiger partial charge in [0.05, 0.1) is 41.0 Å². The molecule has 9 nitrogen and oxygen atoms in total. The van der Waals surface area contributed by atoms with Crippen molar-refractivity contribution >= 4 is 5.97 Å². The molecule has 4 rings (SSSR count). The second-order valence-corrected chi connectivity index (χ2v) is 7.96. The highest BCUT2D eigenvalue weighted by Crippen LogP contribution is 2.26. The second kappa shape index (κ2) is 9.27. The van der Waals surface area contributed by atoms with Crippen LogP contribution in [0.2, 0.25) is 0 Å². The number of carbonyl (C=O) groups excluding carboxylic acids is 1. The Labute approximate surface area is 197 Å². The lowest BCUT2D eigenvalue weighted by Gasteiger charge is -2.07. The van der Waals surface area contributed by atoms with Crippen molar-refractivity contribution in [3.8, 4) is 23.1 Å². The Balaban J connectivity index is 1.65. The van der Waals surface area contributed by atoms with E-state index in [2.05, 4.69) is 21.1 Å². The van der Waals surface area contributed by atoms with Gasteiger partial charge in [0.2, 0.25) is 0 Å². The average Bonchev–Trinajstić information content (AvgIpc) is 3.29. The summed E-state index contributed by atoms with van der Waals surface area (Å²) in [6, 6.07) is 11.4. The highest BCUT2D eigenvalue weighted by Gasteiger charge is 2.21. The molecule has 0 atom stereocenters. The van der Waals surface area contributed by atoms with E-state index in [0.29, 0.717) is 41.4 Å². The molecule has 0 spiro atoms. The van der Waals surface area contributed by atoms with Gasteiger partial charge < -0.3 is 4.74 Å². The zero-order valence-corrected chi connectivity index (χ0v) is 19.8. The number of rotatable bonds is 6. The fourth-order valence-electron chi connectivity index (χ4n) is 4.02. The minimum atomic E-state index is -0.390. The maximum absolute atomic E-state index is 12.3. The molecule has 4 aromatic rings. The molecule has 0 bridgehead atoms. The molecule has 9 heteroatoms. The fourth-order valence-corrected chi connectivity index (χ4v) is 4.02. The summed E-state index contributed by atoms with van der Waals surface area (Å²) in [5.74, 6) is 0.187. The number of aromatic nitrogens is 6. The molecule has 3 aromatic heterocycles. The van der Waals surface area contributed by atoms with Gasteiger partial charge in [0.1, 0.15) is 11.9 Å². The minimum Gasteiger partial charge on any atom is -0.462 e. The van der Waals surface area contributed by atoms with Crippen LogP contribution < -0.4 is 0 Å². The third-order valence-corrected chi connectivity index (χ3v) is 5.76. The van der Waals surface area contributed by atoms with Crippen LogP contribution in [0.15, 0.2) is 36.7 Å².